The summed E-state index contributed by atoms with van der Waals surface area (Å²) in [5.74, 6) is 0.754. The SMILES string of the molecule is C=C/C=C\C=C\[C@H]1CC=CCC1. The average Bonchev–Trinajstić information content (AvgIpc) is 2.14. The molecule has 1 aliphatic rings. The first kappa shape index (κ1) is 9.05. The first-order valence-corrected chi connectivity index (χ1v) is 4.54. The van der Waals surface area contributed by atoms with E-state index in [2.05, 4.69) is 30.9 Å². The maximum atomic E-state index is 3.61. The fourth-order valence-corrected chi connectivity index (χ4v) is 1.36. The van der Waals surface area contributed by atoms with Gasteiger partial charge in [0.15, 0.2) is 0 Å². The van der Waals surface area contributed by atoms with Crippen molar-refractivity contribution in [2.45, 2.75) is 19.3 Å². The van der Waals surface area contributed by atoms with E-state index in [0.29, 0.717) is 0 Å². The van der Waals surface area contributed by atoms with Crippen LogP contribution in [0, 0.1) is 5.92 Å². The van der Waals surface area contributed by atoms with Gasteiger partial charge in [-0.2, -0.15) is 0 Å². The van der Waals surface area contributed by atoms with Gasteiger partial charge in [-0.1, -0.05) is 49.1 Å². The van der Waals surface area contributed by atoms with E-state index in [4.69, 9.17) is 0 Å². The van der Waals surface area contributed by atoms with Gasteiger partial charge in [0.1, 0.15) is 0 Å². The van der Waals surface area contributed by atoms with E-state index >= 15 is 0 Å². The highest BCUT2D eigenvalue weighted by atomic mass is 14.1. The standard InChI is InChI=1S/C12H16/c1-2-3-4-6-9-12-10-7-5-8-11-12/h2-7,9,12H,1,8,10-11H2/b4-3-,9-6+/t12-/m0/s1. The highest BCUT2D eigenvalue weighted by Crippen LogP contribution is 2.18. The Morgan fingerprint density at radius 2 is 2.08 bits per heavy atom. The number of hydrogen-bond acceptors (Lipinski definition) is 0. The zero-order chi connectivity index (χ0) is 8.65. The Morgan fingerprint density at radius 1 is 1.17 bits per heavy atom. The second-order valence-electron chi connectivity index (χ2n) is 3.05. The molecule has 0 fully saturated rings. The van der Waals surface area contributed by atoms with Gasteiger partial charge in [-0.3, -0.25) is 0 Å². The van der Waals surface area contributed by atoms with E-state index < -0.39 is 0 Å². The summed E-state index contributed by atoms with van der Waals surface area (Å²) in [7, 11) is 0. The van der Waals surface area contributed by atoms with Crippen LogP contribution in [0.1, 0.15) is 19.3 Å². The summed E-state index contributed by atoms with van der Waals surface area (Å²) in [6.07, 6.45) is 18.5. The van der Waals surface area contributed by atoms with Crippen molar-refractivity contribution in [3.8, 4) is 0 Å². The zero-order valence-electron chi connectivity index (χ0n) is 7.45. The summed E-state index contributed by atoms with van der Waals surface area (Å²) < 4.78 is 0. The molecule has 1 aliphatic carbocycles. The van der Waals surface area contributed by atoms with E-state index in [1.165, 1.54) is 19.3 Å². The van der Waals surface area contributed by atoms with E-state index in [-0.39, 0.29) is 0 Å². The third-order valence-electron chi connectivity index (χ3n) is 2.05. The molecule has 0 bridgehead atoms. The normalized spacial score (nSPS) is 23.8. The minimum atomic E-state index is 0.754. The molecular weight excluding hydrogens is 144 g/mol. The van der Waals surface area contributed by atoms with E-state index in [9.17, 15) is 0 Å². The van der Waals surface area contributed by atoms with Crippen molar-refractivity contribution in [2.75, 3.05) is 0 Å². The summed E-state index contributed by atoms with van der Waals surface area (Å²) in [6, 6.07) is 0. The first-order valence-electron chi connectivity index (χ1n) is 4.54. The molecular formula is C12H16. The van der Waals surface area contributed by atoms with Crippen LogP contribution in [-0.4, -0.2) is 0 Å². The molecule has 0 N–H and O–H groups in total. The third-order valence-corrected chi connectivity index (χ3v) is 2.05. The van der Waals surface area contributed by atoms with Crippen molar-refractivity contribution in [2.24, 2.45) is 5.92 Å². The Kier molecular flexibility index (Phi) is 4.22. The summed E-state index contributed by atoms with van der Waals surface area (Å²) in [5, 5.41) is 0. The van der Waals surface area contributed by atoms with Crippen molar-refractivity contribution in [1.29, 1.82) is 0 Å². The Balaban J connectivity index is 2.29. The molecule has 0 amide bonds. The second-order valence-corrected chi connectivity index (χ2v) is 3.05. The highest BCUT2D eigenvalue weighted by Gasteiger charge is 2.03. The molecule has 1 rings (SSSR count). The molecule has 0 heterocycles. The molecule has 0 unspecified atom stereocenters. The minimum Gasteiger partial charge on any atom is -0.0991 e. The molecule has 0 nitrogen and oxygen atoms in total. The van der Waals surface area contributed by atoms with Gasteiger partial charge in [-0.15, -0.1) is 0 Å². The van der Waals surface area contributed by atoms with Crippen LogP contribution in [0.2, 0.25) is 0 Å². The molecule has 12 heavy (non-hydrogen) atoms. The predicted octanol–water partition coefficient (Wildman–Crippen LogP) is 3.64. The van der Waals surface area contributed by atoms with Crippen LogP contribution in [-0.2, 0) is 0 Å². The molecule has 0 heteroatoms. The molecule has 0 radical (unpaired) electrons. The Labute approximate surface area is 75.0 Å². The lowest BCUT2D eigenvalue weighted by molar-refractivity contribution is 0.584. The highest BCUT2D eigenvalue weighted by molar-refractivity contribution is 5.11. The van der Waals surface area contributed by atoms with Gasteiger partial charge in [-0.25, -0.2) is 0 Å². The van der Waals surface area contributed by atoms with E-state index in [1.807, 2.05) is 12.2 Å². The van der Waals surface area contributed by atoms with Crippen LogP contribution in [0.25, 0.3) is 0 Å². The van der Waals surface area contributed by atoms with E-state index in [1.54, 1.807) is 6.08 Å². The molecule has 64 valence electrons. The van der Waals surface area contributed by atoms with Crippen LogP contribution in [0.4, 0.5) is 0 Å². The fourth-order valence-electron chi connectivity index (χ4n) is 1.36. The Hall–Kier alpha value is -1.04. The maximum Gasteiger partial charge on any atom is -0.0193 e. The van der Waals surface area contributed by atoms with Crippen LogP contribution in [0.3, 0.4) is 0 Å². The topological polar surface area (TPSA) is 0 Å². The number of hydrogen-bond donors (Lipinski definition) is 0. The minimum absolute atomic E-state index is 0.754. The van der Waals surface area contributed by atoms with Gasteiger partial charge in [0.05, 0.1) is 0 Å². The summed E-state index contributed by atoms with van der Waals surface area (Å²) in [5.41, 5.74) is 0. The van der Waals surface area contributed by atoms with Gasteiger partial charge >= 0.3 is 0 Å². The molecule has 0 spiro atoms. The molecule has 0 aliphatic heterocycles. The predicted molar refractivity (Wildman–Crippen MR) is 55.0 cm³/mol. The molecule has 0 saturated heterocycles. The average molecular weight is 160 g/mol. The van der Waals surface area contributed by atoms with Crippen LogP contribution in [0.15, 0.2) is 49.1 Å². The monoisotopic (exact) mass is 160 g/mol. The van der Waals surface area contributed by atoms with Crippen LogP contribution in [0.5, 0.6) is 0 Å². The van der Waals surface area contributed by atoms with Crippen molar-refractivity contribution in [1.82, 2.24) is 0 Å². The number of allylic oxidation sites excluding steroid dienone is 7. The van der Waals surface area contributed by atoms with Crippen molar-refractivity contribution >= 4 is 0 Å². The summed E-state index contributed by atoms with van der Waals surface area (Å²) in [4.78, 5) is 0. The number of rotatable bonds is 3. The first-order chi connectivity index (χ1) is 5.93. The Bertz CT molecular complexity index is 206. The summed E-state index contributed by atoms with van der Waals surface area (Å²) in [6.45, 7) is 3.61. The molecule has 0 aromatic heterocycles. The lowest BCUT2D eigenvalue weighted by atomic mass is 9.94. The van der Waals surface area contributed by atoms with Crippen LogP contribution < -0.4 is 0 Å². The lowest BCUT2D eigenvalue weighted by Crippen LogP contribution is -1.97. The van der Waals surface area contributed by atoms with Gasteiger partial charge in [-0.05, 0) is 25.2 Å². The maximum absolute atomic E-state index is 3.61. The quantitative estimate of drug-likeness (QED) is 0.437. The van der Waals surface area contributed by atoms with Crippen LogP contribution >= 0.6 is 0 Å². The third kappa shape index (κ3) is 3.38. The molecule has 0 aromatic carbocycles. The van der Waals surface area contributed by atoms with Crippen molar-refractivity contribution in [3.63, 3.8) is 0 Å². The van der Waals surface area contributed by atoms with Gasteiger partial charge in [0, 0.05) is 0 Å². The molecule has 1 atom stereocenters. The van der Waals surface area contributed by atoms with Crippen molar-refractivity contribution < 1.29 is 0 Å². The van der Waals surface area contributed by atoms with Gasteiger partial charge in [0.2, 0.25) is 0 Å². The van der Waals surface area contributed by atoms with Crippen molar-refractivity contribution in [3.05, 3.63) is 49.1 Å². The van der Waals surface area contributed by atoms with Gasteiger partial charge in [0.25, 0.3) is 0 Å². The Morgan fingerprint density at radius 3 is 2.75 bits per heavy atom. The molecule has 0 saturated carbocycles. The van der Waals surface area contributed by atoms with E-state index in [0.717, 1.165) is 5.92 Å². The lowest BCUT2D eigenvalue weighted by Gasteiger charge is -2.11. The fraction of sp³-hybridized carbons (Fsp3) is 0.333. The zero-order valence-corrected chi connectivity index (χ0v) is 7.45. The summed E-state index contributed by atoms with van der Waals surface area (Å²) >= 11 is 0. The largest absolute Gasteiger partial charge is 0.0991 e. The second kappa shape index (κ2) is 5.59. The van der Waals surface area contributed by atoms with Gasteiger partial charge < -0.3 is 0 Å². The molecule has 0 aromatic rings. The smallest absolute Gasteiger partial charge is 0.0193 e.